The molecule has 0 heterocycles. The molecule has 2 heteroatoms. The molecule has 0 aliphatic rings. The molecule has 0 aromatic heterocycles. The lowest BCUT2D eigenvalue weighted by Crippen LogP contribution is -1.83. The molecule has 2 rings (SSSR count). The van der Waals surface area contributed by atoms with Crippen molar-refractivity contribution in [2.45, 2.75) is 28.2 Å². The number of hydrogen-bond acceptors (Lipinski definition) is 0. The number of hydrogen-bond donors (Lipinski definition) is 0. The molecule has 0 fully saturated rings. The average molecular weight is 250 g/mol. The second-order valence-electron chi connectivity index (χ2n) is 3.93. The van der Waals surface area contributed by atoms with Gasteiger partial charge in [-0.05, 0) is 49.6 Å². The minimum atomic E-state index is -0.132. The number of rotatable bonds is 0. The van der Waals surface area contributed by atoms with Crippen LogP contribution in [0.2, 0.25) is 0 Å². The van der Waals surface area contributed by atoms with Gasteiger partial charge in [0.05, 0.1) is 0 Å². The number of aryl methyl sites for hydroxylation is 2. The lowest BCUT2D eigenvalue weighted by molar-refractivity contribution is 0.617. The third-order valence-electron chi connectivity index (χ3n) is 2.62. The summed E-state index contributed by atoms with van der Waals surface area (Å²) in [5.41, 5.74) is 2.46. The average Bonchev–Trinajstić information content (AvgIpc) is 2.31. The minimum absolute atomic E-state index is 0. The maximum absolute atomic E-state index is 12.6. The normalized spacial score (nSPS) is 8.94. The fraction of sp³-hybridized carbons (Fsp3) is 0.250. The van der Waals surface area contributed by atoms with Crippen LogP contribution >= 0.6 is 0 Å². The van der Waals surface area contributed by atoms with E-state index in [4.69, 9.17) is 0 Å². The summed E-state index contributed by atoms with van der Waals surface area (Å²) in [7, 11) is 0. The maximum atomic E-state index is 12.6. The first kappa shape index (κ1) is 16.3. The minimum Gasteiger partial charge on any atom is -0.207 e. The molecule has 0 saturated carbocycles. The van der Waals surface area contributed by atoms with E-state index in [9.17, 15) is 8.78 Å². The Labute approximate surface area is 108 Å². The lowest BCUT2D eigenvalue weighted by Gasteiger charge is -1.97. The Morgan fingerprint density at radius 3 is 1.56 bits per heavy atom. The highest BCUT2D eigenvalue weighted by atomic mass is 19.1. The van der Waals surface area contributed by atoms with E-state index >= 15 is 0 Å². The van der Waals surface area contributed by atoms with Crippen LogP contribution in [0.5, 0.6) is 0 Å². The molecule has 0 N–H and O–H groups in total. The largest absolute Gasteiger partial charge is 0.207 e. The van der Waals surface area contributed by atoms with Gasteiger partial charge in [-0.1, -0.05) is 37.8 Å². The first-order valence-corrected chi connectivity index (χ1v) is 5.45. The highest BCUT2D eigenvalue weighted by Crippen LogP contribution is 2.09. The Kier molecular flexibility index (Phi) is 6.88. The third-order valence-corrected chi connectivity index (χ3v) is 2.62. The van der Waals surface area contributed by atoms with Gasteiger partial charge in [0.15, 0.2) is 0 Å². The van der Waals surface area contributed by atoms with Crippen molar-refractivity contribution >= 4 is 0 Å². The molecule has 98 valence electrons. The monoisotopic (exact) mass is 250 g/mol. The first-order chi connectivity index (χ1) is 8.02. The van der Waals surface area contributed by atoms with Crippen molar-refractivity contribution in [1.29, 1.82) is 0 Å². The molecule has 0 saturated heterocycles. The van der Waals surface area contributed by atoms with Crippen LogP contribution in [-0.2, 0) is 0 Å². The van der Waals surface area contributed by atoms with Gasteiger partial charge < -0.3 is 0 Å². The zero-order valence-electron chi connectivity index (χ0n) is 10.3. The Bertz CT molecular complexity index is 449. The zero-order chi connectivity index (χ0) is 12.8. The quantitative estimate of drug-likeness (QED) is 0.602. The van der Waals surface area contributed by atoms with Gasteiger partial charge in [-0.3, -0.25) is 0 Å². The van der Waals surface area contributed by atoms with Crippen LogP contribution in [0.4, 0.5) is 8.78 Å². The zero-order valence-corrected chi connectivity index (χ0v) is 10.3. The summed E-state index contributed by atoms with van der Waals surface area (Å²) in [5, 5.41) is 0. The van der Waals surface area contributed by atoms with E-state index in [-0.39, 0.29) is 19.1 Å². The van der Waals surface area contributed by atoms with Crippen molar-refractivity contribution in [2.24, 2.45) is 0 Å². The van der Waals surface area contributed by atoms with Crippen LogP contribution in [0.25, 0.3) is 0 Å². The van der Waals surface area contributed by atoms with Gasteiger partial charge in [0.25, 0.3) is 0 Å². The topological polar surface area (TPSA) is 0 Å². The van der Waals surface area contributed by atoms with Crippen molar-refractivity contribution in [1.82, 2.24) is 0 Å². The van der Waals surface area contributed by atoms with Crippen molar-refractivity contribution < 1.29 is 8.78 Å². The van der Waals surface area contributed by atoms with Gasteiger partial charge in [-0.25, -0.2) is 8.78 Å². The van der Waals surface area contributed by atoms with Gasteiger partial charge in [0.2, 0.25) is 0 Å². The molecule has 0 nitrogen and oxygen atoms in total. The first-order valence-electron chi connectivity index (χ1n) is 5.45. The molecule has 2 aromatic carbocycles. The van der Waals surface area contributed by atoms with E-state index in [0.29, 0.717) is 5.56 Å². The Hall–Kier alpha value is -1.70. The Morgan fingerprint density at radius 2 is 1.17 bits per heavy atom. The van der Waals surface area contributed by atoms with Crippen LogP contribution < -0.4 is 0 Å². The molecule has 0 bridgehead atoms. The summed E-state index contributed by atoms with van der Waals surface area (Å²) >= 11 is 0. The maximum Gasteiger partial charge on any atom is 0.126 e. The Morgan fingerprint density at radius 1 is 0.667 bits per heavy atom. The van der Waals surface area contributed by atoms with Gasteiger partial charge >= 0.3 is 0 Å². The summed E-state index contributed by atoms with van der Waals surface area (Å²) in [5.74, 6) is -0.248. The smallest absolute Gasteiger partial charge is 0.126 e. The van der Waals surface area contributed by atoms with E-state index in [0.717, 1.165) is 11.1 Å². The van der Waals surface area contributed by atoms with Gasteiger partial charge in [0.1, 0.15) is 11.6 Å². The molecule has 2 aromatic rings. The van der Waals surface area contributed by atoms with Crippen molar-refractivity contribution in [3.8, 4) is 0 Å². The van der Waals surface area contributed by atoms with Crippen LogP contribution in [0.15, 0.2) is 42.5 Å². The molecule has 18 heavy (non-hydrogen) atoms. The van der Waals surface area contributed by atoms with Crippen LogP contribution in [-0.4, -0.2) is 0 Å². The van der Waals surface area contributed by atoms with Crippen LogP contribution in [0.3, 0.4) is 0 Å². The van der Waals surface area contributed by atoms with Crippen LogP contribution in [0, 0.1) is 32.4 Å². The second kappa shape index (κ2) is 7.59. The second-order valence-corrected chi connectivity index (χ2v) is 3.93. The van der Waals surface area contributed by atoms with Crippen molar-refractivity contribution in [3.05, 3.63) is 70.8 Å². The molecular weight excluding hydrogens is 230 g/mol. The van der Waals surface area contributed by atoms with Crippen LogP contribution in [0.1, 0.15) is 24.1 Å². The van der Waals surface area contributed by atoms with Gasteiger partial charge in [-0.15, -0.1) is 0 Å². The molecular formula is C16H20F2. The molecule has 0 aliphatic heterocycles. The van der Waals surface area contributed by atoms with Gasteiger partial charge in [0, 0.05) is 0 Å². The van der Waals surface area contributed by atoms with E-state index in [2.05, 4.69) is 0 Å². The van der Waals surface area contributed by atoms with E-state index in [1.807, 2.05) is 19.1 Å². The molecule has 0 unspecified atom stereocenters. The fourth-order valence-electron chi connectivity index (χ4n) is 1.27. The number of halogens is 2. The molecule has 0 amide bonds. The summed E-state index contributed by atoms with van der Waals surface area (Å²) in [6.45, 7) is 5.43. The highest BCUT2D eigenvalue weighted by Gasteiger charge is 1.95. The SMILES string of the molecule is C.Cc1cccc(F)c1C.Cc1ccccc1F. The fourth-order valence-corrected chi connectivity index (χ4v) is 1.27. The molecule has 0 spiro atoms. The molecule has 0 radical (unpaired) electrons. The highest BCUT2D eigenvalue weighted by molar-refractivity contribution is 5.25. The standard InChI is InChI=1S/C8H9F.C7H7F.CH4/c1-6-4-3-5-8(9)7(6)2;1-6-4-2-3-5-7(6)8;/h3-5H,1-2H3;2-5H,1H3;1H4. The summed E-state index contributed by atoms with van der Waals surface area (Å²) in [6.07, 6.45) is 0. The van der Waals surface area contributed by atoms with E-state index < -0.39 is 0 Å². The summed E-state index contributed by atoms with van der Waals surface area (Å²) < 4.78 is 24.9. The van der Waals surface area contributed by atoms with Crippen molar-refractivity contribution in [3.63, 3.8) is 0 Å². The molecule has 0 atom stereocenters. The Balaban J connectivity index is 0.000000306. The summed E-state index contributed by atoms with van der Waals surface area (Å²) in [4.78, 5) is 0. The predicted octanol–water partition coefficient (Wildman–Crippen LogP) is 5.21. The number of benzene rings is 2. The van der Waals surface area contributed by atoms with E-state index in [1.165, 1.54) is 12.1 Å². The summed E-state index contributed by atoms with van der Waals surface area (Å²) in [6, 6.07) is 11.8. The lowest BCUT2D eigenvalue weighted by atomic mass is 10.1. The van der Waals surface area contributed by atoms with Gasteiger partial charge in [-0.2, -0.15) is 0 Å². The predicted molar refractivity (Wildman–Crippen MR) is 73.7 cm³/mol. The van der Waals surface area contributed by atoms with Crippen molar-refractivity contribution in [2.75, 3.05) is 0 Å². The third kappa shape index (κ3) is 4.66. The van der Waals surface area contributed by atoms with E-state index in [1.54, 1.807) is 32.0 Å². The molecule has 0 aliphatic carbocycles.